The molecule has 1 unspecified atom stereocenters. The van der Waals surface area contributed by atoms with Crippen LogP contribution in [0.25, 0.3) is 0 Å². The molecule has 90 valence electrons. The fraction of sp³-hybridized carbons (Fsp3) is 0.833. The van der Waals surface area contributed by atoms with Crippen molar-refractivity contribution >= 4 is 11.9 Å². The highest BCUT2D eigenvalue weighted by Gasteiger charge is 2.40. The van der Waals surface area contributed by atoms with Crippen LogP contribution in [0.2, 0.25) is 0 Å². The van der Waals surface area contributed by atoms with Gasteiger partial charge in [-0.25, -0.2) is 4.99 Å². The number of nitrogens with zero attached hydrogens (tertiary/aromatic N) is 1. The molecule has 16 heavy (non-hydrogen) atoms. The first kappa shape index (κ1) is 11.4. The van der Waals surface area contributed by atoms with E-state index in [4.69, 9.17) is 0 Å². The van der Waals surface area contributed by atoms with Crippen molar-refractivity contribution < 1.29 is 4.79 Å². The molecule has 2 N–H and O–H groups in total. The van der Waals surface area contributed by atoms with E-state index < -0.39 is 5.54 Å². The summed E-state index contributed by atoms with van der Waals surface area (Å²) in [5, 5.41) is 6.08. The molecule has 0 aromatic rings. The third kappa shape index (κ3) is 2.54. The van der Waals surface area contributed by atoms with Gasteiger partial charge in [0.1, 0.15) is 5.54 Å². The van der Waals surface area contributed by atoms with Gasteiger partial charge < -0.3 is 5.32 Å². The van der Waals surface area contributed by atoms with Gasteiger partial charge in [-0.15, -0.1) is 0 Å². The second kappa shape index (κ2) is 4.44. The van der Waals surface area contributed by atoms with Crippen molar-refractivity contribution in [1.29, 1.82) is 0 Å². The summed E-state index contributed by atoms with van der Waals surface area (Å²) in [4.78, 5) is 16.3. The maximum absolute atomic E-state index is 11.8. The number of hydrogen-bond acceptors (Lipinski definition) is 2. The Morgan fingerprint density at radius 3 is 2.81 bits per heavy atom. The second-order valence-electron chi connectivity index (χ2n) is 5.08. The first-order chi connectivity index (χ1) is 7.64. The van der Waals surface area contributed by atoms with Crippen LogP contribution in [0.5, 0.6) is 0 Å². The Balaban J connectivity index is 1.91. The van der Waals surface area contributed by atoms with Gasteiger partial charge in [0.15, 0.2) is 5.96 Å². The lowest BCUT2D eigenvalue weighted by Crippen LogP contribution is -2.43. The van der Waals surface area contributed by atoms with E-state index in [2.05, 4.69) is 22.5 Å². The Kier molecular flexibility index (Phi) is 3.17. The molecule has 2 fully saturated rings. The number of carbonyl (C=O) groups is 1. The molecule has 1 aliphatic heterocycles. The van der Waals surface area contributed by atoms with Gasteiger partial charge in [-0.1, -0.05) is 26.2 Å². The standard InChI is InChI=1S/C12H21N3O/c1-3-4-5-8-12(2)10(16)14-11(15-12)13-9-6-7-9/h9H,3-8H2,1-2H3,(H2,13,14,15,16). The van der Waals surface area contributed by atoms with Gasteiger partial charge in [-0.05, 0) is 26.2 Å². The quantitative estimate of drug-likeness (QED) is 0.695. The Bertz CT molecular complexity index is 309. The van der Waals surface area contributed by atoms with Gasteiger partial charge >= 0.3 is 0 Å². The van der Waals surface area contributed by atoms with E-state index in [-0.39, 0.29) is 5.91 Å². The third-order valence-corrected chi connectivity index (χ3v) is 3.27. The maximum atomic E-state index is 11.8. The van der Waals surface area contributed by atoms with Crippen LogP contribution in [-0.2, 0) is 4.79 Å². The number of rotatable bonds is 5. The van der Waals surface area contributed by atoms with Crippen LogP contribution < -0.4 is 10.6 Å². The molecule has 0 aromatic heterocycles. The van der Waals surface area contributed by atoms with Crippen LogP contribution in [0, 0.1) is 0 Å². The molecular formula is C12H21N3O. The van der Waals surface area contributed by atoms with Crippen molar-refractivity contribution in [2.75, 3.05) is 0 Å². The molecule has 1 aliphatic carbocycles. The Labute approximate surface area is 96.9 Å². The molecule has 0 bridgehead atoms. The van der Waals surface area contributed by atoms with E-state index in [1.165, 1.54) is 12.8 Å². The average Bonchev–Trinajstić information content (AvgIpc) is 2.97. The minimum atomic E-state index is -0.442. The topological polar surface area (TPSA) is 53.5 Å². The molecule has 1 amide bonds. The molecule has 2 aliphatic rings. The molecule has 1 heterocycles. The number of guanidine groups is 1. The smallest absolute Gasteiger partial charge is 0.252 e. The number of carbonyl (C=O) groups excluding carboxylic acids is 1. The van der Waals surface area contributed by atoms with E-state index in [1.807, 2.05) is 6.92 Å². The molecule has 0 spiro atoms. The summed E-state index contributed by atoms with van der Waals surface area (Å²) in [6, 6.07) is 0.445. The highest BCUT2D eigenvalue weighted by Crippen LogP contribution is 2.25. The Hall–Kier alpha value is -1.06. The molecule has 1 atom stereocenters. The van der Waals surface area contributed by atoms with Crippen molar-refractivity contribution in [1.82, 2.24) is 10.6 Å². The highest BCUT2D eigenvalue weighted by molar-refractivity contribution is 6.08. The largest absolute Gasteiger partial charge is 0.342 e. The zero-order chi connectivity index (χ0) is 11.6. The van der Waals surface area contributed by atoms with Crippen LogP contribution in [0.4, 0.5) is 0 Å². The maximum Gasteiger partial charge on any atom is 0.252 e. The van der Waals surface area contributed by atoms with E-state index in [1.54, 1.807) is 0 Å². The molecule has 1 saturated carbocycles. The molecule has 4 heteroatoms. The Morgan fingerprint density at radius 2 is 2.19 bits per heavy atom. The van der Waals surface area contributed by atoms with Gasteiger partial charge in [-0.2, -0.15) is 0 Å². The van der Waals surface area contributed by atoms with Crippen LogP contribution in [0.3, 0.4) is 0 Å². The van der Waals surface area contributed by atoms with Gasteiger partial charge in [0.2, 0.25) is 0 Å². The van der Waals surface area contributed by atoms with Crippen LogP contribution in [0.1, 0.15) is 52.4 Å². The first-order valence-corrected chi connectivity index (χ1v) is 6.31. The summed E-state index contributed by atoms with van der Waals surface area (Å²) < 4.78 is 0. The fourth-order valence-electron chi connectivity index (χ4n) is 1.95. The third-order valence-electron chi connectivity index (χ3n) is 3.27. The Morgan fingerprint density at radius 1 is 1.44 bits per heavy atom. The molecule has 2 rings (SSSR count). The van der Waals surface area contributed by atoms with Crippen LogP contribution in [-0.4, -0.2) is 23.4 Å². The second-order valence-corrected chi connectivity index (χ2v) is 5.08. The highest BCUT2D eigenvalue weighted by atomic mass is 16.2. The van der Waals surface area contributed by atoms with E-state index in [9.17, 15) is 4.79 Å². The lowest BCUT2D eigenvalue weighted by atomic mass is 9.95. The normalized spacial score (nSPS) is 31.6. The number of aliphatic imine (C=N–C) groups is 1. The van der Waals surface area contributed by atoms with Gasteiger partial charge in [0.05, 0.1) is 6.04 Å². The molecule has 0 radical (unpaired) electrons. The van der Waals surface area contributed by atoms with Crippen LogP contribution >= 0.6 is 0 Å². The van der Waals surface area contributed by atoms with E-state index in [0.29, 0.717) is 12.0 Å². The zero-order valence-corrected chi connectivity index (χ0v) is 10.2. The minimum Gasteiger partial charge on any atom is -0.342 e. The van der Waals surface area contributed by atoms with Crippen molar-refractivity contribution in [2.45, 2.75) is 64.0 Å². The van der Waals surface area contributed by atoms with Crippen molar-refractivity contribution in [3.05, 3.63) is 0 Å². The predicted molar refractivity (Wildman–Crippen MR) is 64.3 cm³/mol. The van der Waals surface area contributed by atoms with E-state index >= 15 is 0 Å². The summed E-state index contributed by atoms with van der Waals surface area (Å²) in [5.41, 5.74) is -0.442. The summed E-state index contributed by atoms with van der Waals surface area (Å²) in [5.74, 6) is 0.759. The molecule has 1 saturated heterocycles. The van der Waals surface area contributed by atoms with Crippen molar-refractivity contribution in [2.24, 2.45) is 4.99 Å². The summed E-state index contributed by atoms with van der Waals surface area (Å²) in [6.07, 6.45) is 6.65. The summed E-state index contributed by atoms with van der Waals surface area (Å²) >= 11 is 0. The molecule has 4 nitrogen and oxygen atoms in total. The number of hydrogen-bond donors (Lipinski definition) is 2. The van der Waals surface area contributed by atoms with Crippen LogP contribution in [0.15, 0.2) is 4.99 Å². The number of unbranched alkanes of at least 4 members (excludes halogenated alkanes) is 2. The van der Waals surface area contributed by atoms with Gasteiger partial charge in [-0.3, -0.25) is 10.1 Å². The fourth-order valence-corrected chi connectivity index (χ4v) is 1.95. The van der Waals surface area contributed by atoms with Crippen molar-refractivity contribution in [3.63, 3.8) is 0 Å². The average molecular weight is 223 g/mol. The number of nitrogens with one attached hydrogen (secondary N) is 2. The lowest BCUT2D eigenvalue weighted by Gasteiger charge is -2.20. The SMILES string of the molecule is CCCCCC1(C)NC(=NC2CC2)NC1=O. The summed E-state index contributed by atoms with van der Waals surface area (Å²) in [7, 11) is 0. The lowest BCUT2D eigenvalue weighted by molar-refractivity contribution is -0.123. The molecule has 0 aromatic carbocycles. The zero-order valence-electron chi connectivity index (χ0n) is 10.2. The van der Waals surface area contributed by atoms with E-state index in [0.717, 1.165) is 25.7 Å². The minimum absolute atomic E-state index is 0.0722. The predicted octanol–water partition coefficient (Wildman–Crippen LogP) is 1.56. The van der Waals surface area contributed by atoms with Gasteiger partial charge in [0, 0.05) is 0 Å². The van der Waals surface area contributed by atoms with Crippen molar-refractivity contribution in [3.8, 4) is 0 Å². The molecular weight excluding hydrogens is 202 g/mol. The first-order valence-electron chi connectivity index (χ1n) is 6.31. The summed E-state index contributed by atoms with van der Waals surface area (Å²) in [6.45, 7) is 4.14. The monoisotopic (exact) mass is 223 g/mol. The number of amides is 1. The van der Waals surface area contributed by atoms with Gasteiger partial charge in [0.25, 0.3) is 5.91 Å².